The van der Waals surface area contributed by atoms with Gasteiger partial charge in [0.15, 0.2) is 0 Å². The summed E-state index contributed by atoms with van der Waals surface area (Å²) in [7, 11) is 0. The summed E-state index contributed by atoms with van der Waals surface area (Å²) in [6.07, 6.45) is -0.449. The van der Waals surface area contributed by atoms with Gasteiger partial charge in [-0.15, -0.1) is 0 Å². The monoisotopic (exact) mass is 262 g/mol. The van der Waals surface area contributed by atoms with Gasteiger partial charge in [0.2, 0.25) is 0 Å². The highest BCUT2D eigenvalue weighted by Crippen LogP contribution is 2.50. The van der Waals surface area contributed by atoms with Crippen molar-refractivity contribution in [1.29, 1.82) is 0 Å². The van der Waals surface area contributed by atoms with E-state index < -0.39 is 36.0 Å². The van der Waals surface area contributed by atoms with Crippen LogP contribution in [0.25, 0.3) is 0 Å². The van der Waals surface area contributed by atoms with Crippen molar-refractivity contribution in [3.05, 3.63) is 35.9 Å². The van der Waals surface area contributed by atoms with Crippen LogP contribution in [0.5, 0.6) is 0 Å². The van der Waals surface area contributed by atoms with E-state index in [0.29, 0.717) is 6.42 Å². The molecule has 0 radical (unpaired) electrons. The highest BCUT2D eigenvalue weighted by atomic mass is 16.5. The summed E-state index contributed by atoms with van der Waals surface area (Å²) < 4.78 is 5.63. The summed E-state index contributed by atoms with van der Waals surface area (Å²) in [5.41, 5.74) is 1.02. The van der Waals surface area contributed by atoms with Crippen molar-refractivity contribution in [2.45, 2.75) is 24.5 Å². The van der Waals surface area contributed by atoms with Gasteiger partial charge in [0.1, 0.15) is 0 Å². The third-order valence-electron chi connectivity index (χ3n) is 4.15. The Hall–Kier alpha value is -1.88. The van der Waals surface area contributed by atoms with E-state index in [0.717, 1.165) is 5.56 Å². The number of fused-ring (bicyclic) bond motifs is 2. The molecular formula is C14H14O5. The second kappa shape index (κ2) is 4.35. The SMILES string of the molecule is O=C(O)[C@H]1[C@H]2O[C@H](C[C@@H]2c2ccccc2)[C@H]1C(=O)O. The molecule has 0 aromatic heterocycles. The quantitative estimate of drug-likeness (QED) is 0.858. The summed E-state index contributed by atoms with van der Waals surface area (Å²) in [6, 6.07) is 9.55. The molecule has 2 fully saturated rings. The van der Waals surface area contributed by atoms with Crippen LogP contribution in [-0.2, 0) is 14.3 Å². The van der Waals surface area contributed by atoms with E-state index >= 15 is 0 Å². The van der Waals surface area contributed by atoms with Crippen LogP contribution in [-0.4, -0.2) is 34.4 Å². The average molecular weight is 262 g/mol. The highest BCUT2D eigenvalue weighted by Gasteiger charge is 2.60. The smallest absolute Gasteiger partial charge is 0.310 e. The molecule has 5 atom stereocenters. The Labute approximate surface area is 109 Å². The van der Waals surface area contributed by atoms with Gasteiger partial charge < -0.3 is 14.9 Å². The van der Waals surface area contributed by atoms with Crippen molar-refractivity contribution in [1.82, 2.24) is 0 Å². The minimum absolute atomic E-state index is 0.0251. The maximum absolute atomic E-state index is 11.3. The molecule has 5 nitrogen and oxygen atoms in total. The minimum Gasteiger partial charge on any atom is -0.481 e. The van der Waals surface area contributed by atoms with Gasteiger partial charge in [-0.1, -0.05) is 30.3 Å². The molecule has 0 spiro atoms. The Kier molecular flexibility index (Phi) is 2.78. The number of ether oxygens (including phenoxy) is 1. The van der Waals surface area contributed by atoms with Gasteiger partial charge in [-0.2, -0.15) is 0 Å². The summed E-state index contributed by atoms with van der Waals surface area (Å²) in [5.74, 6) is -4.07. The number of rotatable bonds is 3. The van der Waals surface area contributed by atoms with Crippen LogP contribution in [0.1, 0.15) is 17.9 Å². The van der Waals surface area contributed by atoms with E-state index in [1.165, 1.54) is 0 Å². The number of aliphatic carboxylic acids is 2. The molecule has 1 aromatic rings. The van der Waals surface area contributed by atoms with Gasteiger partial charge in [-0.25, -0.2) is 0 Å². The average Bonchev–Trinajstić information content (AvgIpc) is 2.96. The van der Waals surface area contributed by atoms with Crippen molar-refractivity contribution < 1.29 is 24.5 Å². The summed E-state index contributed by atoms with van der Waals surface area (Å²) >= 11 is 0. The van der Waals surface area contributed by atoms with Crippen LogP contribution in [0.3, 0.4) is 0 Å². The van der Waals surface area contributed by atoms with Gasteiger partial charge in [0, 0.05) is 5.92 Å². The summed E-state index contributed by atoms with van der Waals surface area (Å²) in [5, 5.41) is 18.4. The van der Waals surface area contributed by atoms with Crippen molar-refractivity contribution in [3.63, 3.8) is 0 Å². The van der Waals surface area contributed by atoms with Gasteiger partial charge in [0.25, 0.3) is 0 Å². The Bertz CT molecular complexity index is 512. The van der Waals surface area contributed by atoms with Gasteiger partial charge in [-0.05, 0) is 12.0 Å². The minimum atomic E-state index is -1.08. The molecule has 2 N–H and O–H groups in total. The van der Waals surface area contributed by atoms with Crippen LogP contribution >= 0.6 is 0 Å². The lowest BCUT2D eigenvalue weighted by Gasteiger charge is -2.28. The molecule has 0 amide bonds. The van der Waals surface area contributed by atoms with E-state index in [-0.39, 0.29) is 5.92 Å². The van der Waals surface area contributed by atoms with Crippen LogP contribution in [0.2, 0.25) is 0 Å². The fourth-order valence-corrected chi connectivity index (χ4v) is 3.37. The van der Waals surface area contributed by atoms with Gasteiger partial charge >= 0.3 is 11.9 Å². The Morgan fingerprint density at radius 2 is 1.68 bits per heavy atom. The normalized spacial score (nSPS) is 36.3. The zero-order valence-electron chi connectivity index (χ0n) is 10.1. The zero-order chi connectivity index (χ0) is 13.6. The molecule has 2 aliphatic heterocycles. The van der Waals surface area contributed by atoms with Crippen LogP contribution in [0, 0.1) is 11.8 Å². The Balaban J connectivity index is 1.92. The lowest BCUT2D eigenvalue weighted by molar-refractivity contribution is -0.154. The van der Waals surface area contributed by atoms with E-state index in [9.17, 15) is 14.7 Å². The molecule has 0 saturated carbocycles. The first kappa shape index (κ1) is 12.2. The number of carboxylic acids is 2. The first-order valence-corrected chi connectivity index (χ1v) is 6.25. The molecule has 3 rings (SSSR count). The topological polar surface area (TPSA) is 83.8 Å². The molecular weight excluding hydrogens is 248 g/mol. The molecule has 2 bridgehead atoms. The van der Waals surface area contributed by atoms with E-state index in [1.54, 1.807) is 0 Å². The molecule has 19 heavy (non-hydrogen) atoms. The highest BCUT2D eigenvalue weighted by molar-refractivity contribution is 5.82. The lowest BCUT2D eigenvalue weighted by Crippen LogP contribution is -2.41. The maximum atomic E-state index is 11.3. The van der Waals surface area contributed by atoms with Crippen LogP contribution < -0.4 is 0 Å². The van der Waals surface area contributed by atoms with Gasteiger partial charge in [0.05, 0.1) is 24.0 Å². The second-order valence-corrected chi connectivity index (χ2v) is 5.12. The maximum Gasteiger partial charge on any atom is 0.310 e. The van der Waals surface area contributed by atoms with Crippen LogP contribution in [0.4, 0.5) is 0 Å². The van der Waals surface area contributed by atoms with Crippen molar-refractivity contribution >= 4 is 11.9 Å². The number of hydrogen-bond donors (Lipinski definition) is 2. The number of carboxylic acid groups (broad SMARTS) is 2. The summed E-state index contributed by atoms with van der Waals surface area (Å²) in [4.78, 5) is 22.5. The third kappa shape index (κ3) is 1.81. The summed E-state index contributed by atoms with van der Waals surface area (Å²) in [6.45, 7) is 0. The predicted molar refractivity (Wildman–Crippen MR) is 64.7 cm³/mol. The molecule has 2 saturated heterocycles. The van der Waals surface area contributed by atoms with E-state index in [4.69, 9.17) is 9.84 Å². The first-order chi connectivity index (χ1) is 9.09. The van der Waals surface area contributed by atoms with Crippen molar-refractivity contribution in [2.75, 3.05) is 0 Å². The number of carbonyl (C=O) groups is 2. The first-order valence-electron chi connectivity index (χ1n) is 6.25. The molecule has 0 unspecified atom stereocenters. The van der Waals surface area contributed by atoms with E-state index in [1.807, 2.05) is 30.3 Å². The molecule has 5 heteroatoms. The lowest BCUT2D eigenvalue weighted by atomic mass is 9.72. The molecule has 0 aliphatic carbocycles. The standard InChI is InChI=1S/C14H14O5/c15-13(16)10-9-6-8(7-4-2-1-3-5-7)12(19-9)11(10)14(17)18/h1-5,8-12H,6H2,(H,15,16)(H,17,18)/t8-,9-,10-,11-,12+/m1/s1. The third-order valence-corrected chi connectivity index (χ3v) is 4.15. The second-order valence-electron chi connectivity index (χ2n) is 5.12. The molecule has 1 aromatic carbocycles. The fraction of sp³-hybridized carbons (Fsp3) is 0.429. The predicted octanol–water partition coefficient (Wildman–Crippen LogP) is 1.34. The van der Waals surface area contributed by atoms with E-state index in [2.05, 4.69) is 0 Å². The molecule has 2 heterocycles. The zero-order valence-corrected chi connectivity index (χ0v) is 10.1. The van der Waals surface area contributed by atoms with Crippen molar-refractivity contribution in [3.8, 4) is 0 Å². The van der Waals surface area contributed by atoms with Gasteiger partial charge in [-0.3, -0.25) is 9.59 Å². The number of benzene rings is 1. The molecule has 100 valence electrons. The fourth-order valence-electron chi connectivity index (χ4n) is 3.37. The number of hydrogen-bond acceptors (Lipinski definition) is 3. The largest absolute Gasteiger partial charge is 0.481 e. The van der Waals surface area contributed by atoms with Crippen molar-refractivity contribution in [2.24, 2.45) is 11.8 Å². The van der Waals surface area contributed by atoms with Crippen LogP contribution in [0.15, 0.2) is 30.3 Å². The Morgan fingerprint density at radius 1 is 1.05 bits per heavy atom. The Morgan fingerprint density at radius 3 is 2.26 bits per heavy atom. The molecule has 2 aliphatic rings.